The van der Waals surface area contributed by atoms with E-state index in [1.807, 2.05) is 20.8 Å². The lowest BCUT2D eigenvalue weighted by atomic mass is 9.99. The molecule has 0 aliphatic heterocycles. The molecule has 3 nitrogen and oxygen atoms in total. The summed E-state index contributed by atoms with van der Waals surface area (Å²) in [6.07, 6.45) is 3.38. The van der Waals surface area contributed by atoms with Crippen molar-refractivity contribution in [1.82, 2.24) is 5.32 Å². The van der Waals surface area contributed by atoms with Crippen LogP contribution >= 0.6 is 0 Å². The van der Waals surface area contributed by atoms with Crippen LogP contribution in [0.3, 0.4) is 0 Å². The van der Waals surface area contributed by atoms with Gasteiger partial charge in [0.1, 0.15) is 5.60 Å². The van der Waals surface area contributed by atoms with Gasteiger partial charge in [0.05, 0.1) is 7.85 Å². The van der Waals surface area contributed by atoms with Gasteiger partial charge in [0.25, 0.3) is 0 Å². The highest BCUT2D eigenvalue weighted by Gasteiger charge is 2.15. The molecule has 4 heteroatoms. The molecular weight excluding hydrogens is 177 g/mol. The predicted octanol–water partition coefficient (Wildman–Crippen LogP) is 2.27. The molecule has 0 heterocycles. The lowest BCUT2D eigenvalue weighted by Gasteiger charge is -2.19. The highest BCUT2D eigenvalue weighted by atomic mass is 16.6. The molecule has 2 radical (unpaired) electrons. The van der Waals surface area contributed by atoms with Gasteiger partial charge in [-0.25, -0.2) is 4.79 Å². The normalized spacial score (nSPS) is 11.1. The van der Waals surface area contributed by atoms with E-state index in [-0.39, 0.29) is 6.09 Å². The van der Waals surface area contributed by atoms with E-state index in [0.29, 0.717) is 12.9 Å². The fraction of sp³-hybridized carbons (Fsp3) is 0.900. The number of amides is 1. The number of carbonyl (C=O) groups excluding carboxylic acids is 1. The SMILES string of the molecule is [B]CCCCCNC(=O)OC(C)(C)C. The fourth-order valence-corrected chi connectivity index (χ4v) is 0.951. The minimum absolute atomic E-state index is 0.342. The van der Waals surface area contributed by atoms with Gasteiger partial charge >= 0.3 is 6.09 Å². The highest BCUT2D eigenvalue weighted by Crippen LogP contribution is 2.06. The van der Waals surface area contributed by atoms with Crippen LogP contribution < -0.4 is 5.32 Å². The van der Waals surface area contributed by atoms with E-state index in [2.05, 4.69) is 5.32 Å². The Hall–Kier alpha value is -0.665. The lowest BCUT2D eigenvalue weighted by Crippen LogP contribution is -2.32. The average molecular weight is 197 g/mol. The second-order valence-corrected chi connectivity index (χ2v) is 4.28. The summed E-state index contributed by atoms with van der Waals surface area (Å²) in [4.78, 5) is 11.1. The van der Waals surface area contributed by atoms with Crippen molar-refractivity contribution in [3.05, 3.63) is 0 Å². The first-order valence-corrected chi connectivity index (χ1v) is 5.12. The van der Waals surface area contributed by atoms with E-state index in [1.165, 1.54) is 0 Å². The van der Waals surface area contributed by atoms with Crippen LogP contribution in [0.2, 0.25) is 6.32 Å². The highest BCUT2D eigenvalue weighted by molar-refractivity contribution is 6.08. The first-order chi connectivity index (χ1) is 6.45. The molecule has 0 aromatic carbocycles. The van der Waals surface area contributed by atoms with Crippen molar-refractivity contribution in [2.24, 2.45) is 0 Å². The summed E-state index contributed by atoms with van der Waals surface area (Å²) in [6.45, 7) is 6.21. The van der Waals surface area contributed by atoms with E-state index < -0.39 is 5.60 Å². The Labute approximate surface area is 88.0 Å². The molecule has 0 aromatic rings. The zero-order valence-corrected chi connectivity index (χ0v) is 9.43. The molecule has 0 saturated heterocycles. The van der Waals surface area contributed by atoms with Crippen LogP contribution in [0.15, 0.2) is 0 Å². The summed E-state index contributed by atoms with van der Waals surface area (Å²) in [7, 11) is 5.34. The molecule has 0 rings (SSSR count). The van der Waals surface area contributed by atoms with Crippen molar-refractivity contribution in [2.75, 3.05) is 6.54 Å². The molecule has 0 fully saturated rings. The summed E-state index contributed by atoms with van der Waals surface area (Å²) in [5, 5.41) is 2.70. The average Bonchev–Trinajstić information content (AvgIpc) is 2.00. The number of unbranched alkanes of at least 4 members (excludes halogenated alkanes) is 2. The van der Waals surface area contributed by atoms with E-state index in [1.54, 1.807) is 0 Å². The van der Waals surface area contributed by atoms with E-state index in [0.717, 1.165) is 19.3 Å². The number of ether oxygens (including phenoxy) is 1. The Balaban J connectivity index is 3.36. The summed E-state index contributed by atoms with van der Waals surface area (Å²) in [5.74, 6) is 0. The molecule has 0 aliphatic rings. The number of hydrogen-bond donors (Lipinski definition) is 1. The van der Waals surface area contributed by atoms with Crippen LogP contribution in [0.1, 0.15) is 40.0 Å². The van der Waals surface area contributed by atoms with Crippen LogP contribution in [0.5, 0.6) is 0 Å². The second kappa shape index (κ2) is 6.74. The second-order valence-electron chi connectivity index (χ2n) is 4.28. The van der Waals surface area contributed by atoms with Gasteiger partial charge in [-0.2, -0.15) is 0 Å². The van der Waals surface area contributed by atoms with Gasteiger partial charge in [-0.05, 0) is 27.2 Å². The Morgan fingerprint density at radius 1 is 1.29 bits per heavy atom. The third-order valence-corrected chi connectivity index (χ3v) is 1.55. The minimum Gasteiger partial charge on any atom is -0.444 e. The van der Waals surface area contributed by atoms with Gasteiger partial charge in [-0.3, -0.25) is 0 Å². The molecule has 1 amide bonds. The smallest absolute Gasteiger partial charge is 0.407 e. The van der Waals surface area contributed by atoms with Gasteiger partial charge in [-0.15, -0.1) is 0 Å². The third-order valence-electron chi connectivity index (χ3n) is 1.55. The Morgan fingerprint density at radius 2 is 1.93 bits per heavy atom. The zero-order chi connectivity index (χ0) is 11.0. The zero-order valence-electron chi connectivity index (χ0n) is 9.43. The number of hydrogen-bond acceptors (Lipinski definition) is 2. The Morgan fingerprint density at radius 3 is 2.43 bits per heavy atom. The third kappa shape index (κ3) is 9.42. The number of alkyl carbamates (subject to hydrolysis) is 1. The summed E-state index contributed by atoms with van der Waals surface area (Å²) in [6, 6.07) is 0. The molecule has 0 unspecified atom stereocenters. The van der Waals surface area contributed by atoms with Crippen LogP contribution in [0.4, 0.5) is 4.79 Å². The van der Waals surface area contributed by atoms with Gasteiger partial charge in [-0.1, -0.05) is 19.2 Å². The summed E-state index contributed by atoms with van der Waals surface area (Å²) < 4.78 is 5.07. The van der Waals surface area contributed by atoms with Crippen molar-refractivity contribution in [1.29, 1.82) is 0 Å². The summed E-state index contributed by atoms with van der Waals surface area (Å²) >= 11 is 0. The standard InChI is InChI=1S/C10H20BNO2/c1-10(2,3)14-9(13)12-8-6-4-5-7-11/h4-8H2,1-3H3,(H,12,13). The van der Waals surface area contributed by atoms with Crippen molar-refractivity contribution in [3.63, 3.8) is 0 Å². The van der Waals surface area contributed by atoms with Gasteiger partial charge in [0.2, 0.25) is 0 Å². The molecule has 0 aliphatic carbocycles. The van der Waals surface area contributed by atoms with Gasteiger partial charge in [0, 0.05) is 6.54 Å². The monoisotopic (exact) mass is 197 g/mol. The van der Waals surface area contributed by atoms with Gasteiger partial charge < -0.3 is 10.1 Å². The first kappa shape index (κ1) is 13.3. The van der Waals surface area contributed by atoms with Crippen molar-refractivity contribution in [3.8, 4) is 0 Å². The van der Waals surface area contributed by atoms with E-state index in [4.69, 9.17) is 12.6 Å². The topological polar surface area (TPSA) is 38.3 Å². The molecule has 0 aromatic heterocycles. The maximum atomic E-state index is 11.1. The maximum absolute atomic E-state index is 11.1. The first-order valence-electron chi connectivity index (χ1n) is 5.12. The predicted molar refractivity (Wildman–Crippen MR) is 58.6 cm³/mol. The maximum Gasteiger partial charge on any atom is 0.407 e. The van der Waals surface area contributed by atoms with Crippen molar-refractivity contribution < 1.29 is 9.53 Å². The van der Waals surface area contributed by atoms with Crippen molar-refractivity contribution >= 4 is 13.9 Å². The molecule has 80 valence electrons. The van der Waals surface area contributed by atoms with Crippen LogP contribution in [-0.4, -0.2) is 26.1 Å². The molecule has 1 N–H and O–H groups in total. The Bertz CT molecular complexity index is 166. The Kier molecular flexibility index (Phi) is 6.42. The molecule has 0 atom stereocenters. The molecule has 0 spiro atoms. The molecule has 14 heavy (non-hydrogen) atoms. The van der Waals surface area contributed by atoms with Gasteiger partial charge in [0.15, 0.2) is 0 Å². The van der Waals surface area contributed by atoms with Crippen LogP contribution in [0.25, 0.3) is 0 Å². The summed E-state index contributed by atoms with van der Waals surface area (Å²) in [5.41, 5.74) is -0.415. The number of rotatable bonds is 5. The fourth-order valence-electron chi connectivity index (χ4n) is 0.951. The largest absolute Gasteiger partial charge is 0.444 e. The number of carbonyl (C=O) groups is 1. The van der Waals surface area contributed by atoms with E-state index >= 15 is 0 Å². The number of nitrogens with one attached hydrogen (secondary N) is 1. The van der Waals surface area contributed by atoms with Crippen LogP contribution in [-0.2, 0) is 4.74 Å². The lowest BCUT2D eigenvalue weighted by molar-refractivity contribution is 0.0527. The van der Waals surface area contributed by atoms with Crippen LogP contribution in [0, 0.1) is 0 Å². The minimum atomic E-state index is -0.415. The molecule has 0 bridgehead atoms. The molecular formula is C10H20BNO2. The quantitative estimate of drug-likeness (QED) is 0.542. The molecule has 0 saturated carbocycles. The van der Waals surface area contributed by atoms with Crippen molar-refractivity contribution in [2.45, 2.75) is 52.0 Å². The van der Waals surface area contributed by atoms with E-state index in [9.17, 15) is 4.79 Å².